The van der Waals surface area contributed by atoms with Gasteiger partial charge >= 0.3 is 12.4 Å². The molecule has 2 aromatic carbocycles. The highest BCUT2D eigenvalue weighted by molar-refractivity contribution is 9.10. The number of alkyl halides is 8. The number of fused-ring (bicyclic) bond motifs is 2. The fourth-order valence-electron chi connectivity index (χ4n) is 7.94. The summed E-state index contributed by atoms with van der Waals surface area (Å²) in [7, 11) is 1.49. The SMILES string of the molecule is COc1ccc2nnc(C(=O)N3CCC(c4cc(C(C)(F)F)cc(C(F)(F)F)c4)CC3)n2c1.Cc1cc(F)c(C(F)(F)F)c(C2CCN(C(=O)c3nnc4ccc(Br)cn34)CC2)c1. The fraction of sp³-hybridized carbons (Fsp3) is 0.381. The first-order valence-corrected chi connectivity index (χ1v) is 20.4. The summed E-state index contributed by atoms with van der Waals surface area (Å²) >= 11 is 3.34. The Labute approximate surface area is 362 Å². The van der Waals surface area contributed by atoms with E-state index in [1.807, 2.05) is 0 Å². The van der Waals surface area contributed by atoms with Crippen molar-refractivity contribution < 1.29 is 53.8 Å². The van der Waals surface area contributed by atoms with Gasteiger partial charge in [-0.15, -0.1) is 20.4 Å². The molecular weight excluding hydrogens is 915 g/mol. The molecule has 0 saturated carbocycles. The number of hydrogen-bond acceptors (Lipinski definition) is 7. The maximum Gasteiger partial charge on any atom is 0.419 e. The minimum absolute atomic E-state index is 0.0380. The van der Waals surface area contributed by atoms with Crippen molar-refractivity contribution in [1.82, 2.24) is 39.0 Å². The molecule has 334 valence electrons. The highest BCUT2D eigenvalue weighted by Crippen LogP contribution is 2.42. The summed E-state index contributed by atoms with van der Waals surface area (Å²) in [5.41, 5.74) is -1.39. The van der Waals surface area contributed by atoms with E-state index in [4.69, 9.17) is 4.74 Å². The molecule has 0 atom stereocenters. The van der Waals surface area contributed by atoms with Crippen LogP contribution in [0, 0.1) is 12.7 Å². The van der Waals surface area contributed by atoms with E-state index in [1.165, 1.54) is 22.5 Å². The van der Waals surface area contributed by atoms with E-state index in [0.29, 0.717) is 61.3 Å². The average Bonchev–Trinajstić information content (AvgIpc) is 3.86. The lowest BCUT2D eigenvalue weighted by Crippen LogP contribution is -2.39. The van der Waals surface area contributed by atoms with Gasteiger partial charge in [0.05, 0.1) is 24.4 Å². The molecule has 2 aliphatic rings. The molecule has 6 heterocycles. The number of nitrogens with zero attached hydrogens (tertiary/aromatic N) is 8. The summed E-state index contributed by atoms with van der Waals surface area (Å²) in [5, 5.41) is 15.9. The van der Waals surface area contributed by atoms with Gasteiger partial charge in [-0.3, -0.25) is 18.4 Å². The number of piperidine rings is 2. The summed E-state index contributed by atoms with van der Waals surface area (Å²) < 4.78 is 131. The summed E-state index contributed by atoms with van der Waals surface area (Å²) in [4.78, 5) is 29.0. The normalized spacial score (nSPS) is 15.8. The molecule has 0 bridgehead atoms. The van der Waals surface area contributed by atoms with E-state index >= 15 is 0 Å². The van der Waals surface area contributed by atoms with E-state index in [9.17, 15) is 49.1 Å². The fourth-order valence-corrected chi connectivity index (χ4v) is 8.27. The number of hydrogen-bond donors (Lipinski definition) is 0. The van der Waals surface area contributed by atoms with Crippen LogP contribution in [0.5, 0.6) is 5.75 Å². The topological polar surface area (TPSA) is 110 Å². The predicted molar refractivity (Wildman–Crippen MR) is 213 cm³/mol. The number of rotatable bonds is 6. The van der Waals surface area contributed by atoms with E-state index < -0.39 is 46.7 Å². The van der Waals surface area contributed by atoms with E-state index in [-0.39, 0.29) is 66.7 Å². The third-order valence-electron chi connectivity index (χ3n) is 11.2. The second kappa shape index (κ2) is 17.4. The number of amides is 2. The predicted octanol–water partition coefficient (Wildman–Crippen LogP) is 9.87. The zero-order valence-corrected chi connectivity index (χ0v) is 35.3. The van der Waals surface area contributed by atoms with Gasteiger partial charge in [-0.05, 0) is 126 Å². The zero-order valence-electron chi connectivity index (χ0n) is 33.7. The van der Waals surface area contributed by atoms with Crippen molar-refractivity contribution >= 4 is 39.0 Å². The van der Waals surface area contributed by atoms with E-state index in [1.54, 1.807) is 52.9 Å². The maximum absolute atomic E-state index is 14.1. The highest BCUT2D eigenvalue weighted by atomic mass is 79.9. The molecule has 0 N–H and O–H groups in total. The van der Waals surface area contributed by atoms with Crippen molar-refractivity contribution in [3.05, 3.63) is 122 Å². The van der Waals surface area contributed by atoms with Gasteiger partial charge < -0.3 is 14.5 Å². The molecule has 6 aromatic rings. The molecule has 2 aliphatic heterocycles. The third kappa shape index (κ3) is 9.77. The van der Waals surface area contributed by atoms with Crippen LogP contribution in [0.25, 0.3) is 11.3 Å². The van der Waals surface area contributed by atoms with Crippen LogP contribution >= 0.6 is 15.9 Å². The van der Waals surface area contributed by atoms with Crippen LogP contribution in [-0.2, 0) is 18.3 Å². The molecule has 8 rings (SSSR count). The third-order valence-corrected chi connectivity index (χ3v) is 11.6. The minimum atomic E-state index is -4.77. The van der Waals surface area contributed by atoms with Crippen LogP contribution in [-0.4, -0.2) is 84.1 Å². The van der Waals surface area contributed by atoms with Gasteiger partial charge in [0.1, 0.15) is 11.6 Å². The lowest BCUT2D eigenvalue weighted by atomic mass is 9.85. The van der Waals surface area contributed by atoms with E-state index in [2.05, 4.69) is 36.3 Å². The number of aryl methyl sites for hydroxylation is 1. The Morgan fingerprint density at radius 1 is 0.683 bits per heavy atom. The molecule has 2 fully saturated rings. The van der Waals surface area contributed by atoms with Gasteiger partial charge in [-0.1, -0.05) is 6.07 Å². The Morgan fingerprint density at radius 2 is 1.21 bits per heavy atom. The van der Waals surface area contributed by atoms with E-state index in [0.717, 1.165) is 22.7 Å². The number of aromatic nitrogens is 6. The molecule has 0 radical (unpaired) electrons. The van der Waals surface area contributed by atoms with Crippen LogP contribution in [0.4, 0.5) is 39.5 Å². The average molecular weight is 954 g/mol. The molecule has 0 unspecified atom stereocenters. The first-order valence-electron chi connectivity index (χ1n) is 19.6. The number of benzene rings is 2. The Hall–Kier alpha value is -5.73. The summed E-state index contributed by atoms with van der Waals surface area (Å²) in [6, 6.07) is 11.7. The van der Waals surface area contributed by atoms with Gasteiger partial charge in [0.25, 0.3) is 17.7 Å². The molecule has 0 spiro atoms. The molecule has 2 amide bonds. The molecule has 21 heteroatoms. The largest absolute Gasteiger partial charge is 0.495 e. The number of likely N-dealkylation sites (tertiary alicyclic amines) is 2. The van der Waals surface area contributed by atoms with Gasteiger partial charge in [0.2, 0.25) is 11.6 Å². The van der Waals surface area contributed by atoms with Gasteiger partial charge in [-0.25, -0.2) is 13.2 Å². The summed E-state index contributed by atoms with van der Waals surface area (Å²) in [5.74, 6) is -5.49. The number of ether oxygens (including phenoxy) is 1. The van der Waals surface area contributed by atoms with Crippen molar-refractivity contribution in [3.63, 3.8) is 0 Å². The lowest BCUT2D eigenvalue weighted by molar-refractivity contribution is -0.141. The summed E-state index contributed by atoms with van der Waals surface area (Å²) in [6.45, 7) is 3.14. The van der Waals surface area contributed by atoms with Gasteiger partial charge in [0.15, 0.2) is 11.3 Å². The van der Waals surface area contributed by atoms with Crippen LogP contribution in [0.15, 0.2) is 71.5 Å². The number of pyridine rings is 2. The highest BCUT2D eigenvalue weighted by Gasteiger charge is 2.40. The van der Waals surface area contributed by atoms with Gasteiger partial charge in [0, 0.05) is 49.3 Å². The number of halogens is 10. The first-order chi connectivity index (χ1) is 29.6. The molecule has 63 heavy (non-hydrogen) atoms. The van der Waals surface area contributed by atoms with Crippen molar-refractivity contribution in [2.24, 2.45) is 0 Å². The Morgan fingerprint density at radius 3 is 1.73 bits per heavy atom. The molecule has 11 nitrogen and oxygen atoms in total. The summed E-state index contributed by atoms with van der Waals surface area (Å²) in [6.07, 6.45) is -4.96. The van der Waals surface area contributed by atoms with Crippen molar-refractivity contribution in [2.45, 2.75) is 69.6 Å². The molecule has 4 aromatic heterocycles. The van der Waals surface area contributed by atoms with Crippen LogP contribution in [0.3, 0.4) is 0 Å². The Balaban J connectivity index is 0.000000190. The lowest BCUT2D eigenvalue weighted by Gasteiger charge is -2.33. The van der Waals surface area contributed by atoms with Crippen LogP contribution in [0.1, 0.15) is 99.1 Å². The van der Waals surface area contributed by atoms with Crippen molar-refractivity contribution in [3.8, 4) is 5.75 Å². The first kappa shape index (κ1) is 45.3. The molecule has 2 saturated heterocycles. The second-order valence-electron chi connectivity index (χ2n) is 15.5. The Bertz CT molecular complexity index is 2630. The van der Waals surface area contributed by atoms with Gasteiger partial charge in [-0.2, -0.15) is 26.3 Å². The quantitative estimate of drug-likeness (QED) is 0.153. The van der Waals surface area contributed by atoms with Crippen molar-refractivity contribution in [1.29, 1.82) is 0 Å². The smallest absolute Gasteiger partial charge is 0.419 e. The molecule has 0 aliphatic carbocycles. The Kier molecular flexibility index (Phi) is 12.5. The van der Waals surface area contributed by atoms with Crippen LogP contribution < -0.4 is 4.74 Å². The number of carbonyl (C=O) groups is 2. The van der Waals surface area contributed by atoms with Crippen LogP contribution in [0.2, 0.25) is 0 Å². The molecular formula is C42H38BrF9N8O3. The maximum atomic E-state index is 14.1. The van der Waals surface area contributed by atoms with Crippen molar-refractivity contribution in [2.75, 3.05) is 33.3 Å². The zero-order chi connectivity index (χ0) is 45.6. The standard InChI is InChI=1S/C22H21F5N4O2.C20H17BrF4N4O/c1-21(23,24)15-9-14(10-16(11-15)22(25,26)27)13-5-7-30(8-6-13)20(32)19-29-28-18-4-3-17(33-2)12-31(18)19;1-11-8-14(17(15(22)9-11)20(23,24)25)12-4-6-28(7-5-12)19(30)18-27-26-16-3-2-13(21)10-29(16)18/h3-4,9-13H,5-8H2,1-2H3;2-3,8-10,12H,4-7H2,1H3. The number of carbonyl (C=O) groups excluding carboxylic acids is 2. The number of methoxy groups -OCH3 is 1. The monoisotopic (exact) mass is 952 g/mol. The minimum Gasteiger partial charge on any atom is -0.495 e. The second-order valence-corrected chi connectivity index (χ2v) is 16.4.